The van der Waals surface area contributed by atoms with E-state index in [2.05, 4.69) is 23.7 Å². The topological polar surface area (TPSA) is 71.0 Å². The number of alkyl halides is 3. The number of aliphatic hydroxyl groups is 1. The van der Waals surface area contributed by atoms with Gasteiger partial charge in [0, 0.05) is 30.3 Å². The SMILES string of the molecule is C=CCN(C)C[C@@H]1O[C@H](c2cccc(NC(=O)C(Cl)(Cl)Cl)c2)O[C@H](c2ccc(CO)cc2)[C@@H]1C. The zero-order valence-corrected chi connectivity index (χ0v) is 21.4. The van der Waals surface area contributed by atoms with Crippen molar-refractivity contribution in [1.82, 2.24) is 4.90 Å². The molecule has 1 fully saturated rings. The number of hydrogen-bond acceptors (Lipinski definition) is 5. The van der Waals surface area contributed by atoms with Crippen molar-refractivity contribution >= 4 is 46.4 Å². The molecule has 0 bridgehead atoms. The van der Waals surface area contributed by atoms with Crippen LogP contribution in [0.2, 0.25) is 0 Å². The lowest BCUT2D eigenvalue weighted by atomic mass is 9.90. The van der Waals surface area contributed by atoms with Crippen LogP contribution in [0.3, 0.4) is 0 Å². The maximum atomic E-state index is 12.1. The van der Waals surface area contributed by atoms with E-state index in [4.69, 9.17) is 44.3 Å². The van der Waals surface area contributed by atoms with Crippen molar-refractivity contribution in [3.63, 3.8) is 0 Å². The summed E-state index contributed by atoms with van der Waals surface area (Å²) in [6, 6.07) is 14.8. The lowest BCUT2D eigenvalue weighted by Gasteiger charge is -2.42. The van der Waals surface area contributed by atoms with Crippen LogP contribution in [-0.4, -0.2) is 45.9 Å². The van der Waals surface area contributed by atoms with E-state index in [0.717, 1.165) is 23.2 Å². The molecule has 0 aromatic heterocycles. The second-order valence-corrected chi connectivity index (χ2v) is 10.7. The van der Waals surface area contributed by atoms with Gasteiger partial charge in [0.15, 0.2) is 6.29 Å². The molecule has 2 aromatic rings. The minimum absolute atomic E-state index is 0.0191. The first-order valence-corrected chi connectivity index (χ1v) is 12.0. The molecule has 1 aliphatic rings. The Labute approximate surface area is 215 Å². The molecule has 0 spiro atoms. The Hall–Kier alpha value is -1.64. The number of carbonyl (C=O) groups is 1. The minimum Gasteiger partial charge on any atom is -0.392 e. The Morgan fingerprint density at radius 2 is 1.88 bits per heavy atom. The van der Waals surface area contributed by atoms with Crippen LogP contribution in [0.15, 0.2) is 61.2 Å². The Balaban J connectivity index is 1.88. The molecule has 0 unspecified atom stereocenters. The van der Waals surface area contributed by atoms with Gasteiger partial charge < -0.3 is 24.8 Å². The summed E-state index contributed by atoms with van der Waals surface area (Å²) >= 11 is 17.0. The summed E-state index contributed by atoms with van der Waals surface area (Å²) < 4.78 is 10.8. The van der Waals surface area contributed by atoms with Gasteiger partial charge in [0.2, 0.25) is 0 Å². The van der Waals surface area contributed by atoms with Crippen molar-refractivity contribution < 1.29 is 19.4 Å². The molecule has 1 amide bonds. The average Bonchev–Trinajstić information content (AvgIpc) is 2.80. The van der Waals surface area contributed by atoms with Gasteiger partial charge in [-0.3, -0.25) is 4.79 Å². The molecule has 1 aliphatic heterocycles. The molecule has 0 aliphatic carbocycles. The maximum Gasteiger partial charge on any atom is 0.276 e. The van der Waals surface area contributed by atoms with E-state index >= 15 is 0 Å². The summed E-state index contributed by atoms with van der Waals surface area (Å²) in [6.07, 6.45) is 0.799. The smallest absolute Gasteiger partial charge is 0.276 e. The zero-order chi connectivity index (χ0) is 24.9. The number of anilines is 1. The molecule has 0 saturated carbocycles. The molecule has 34 heavy (non-hydrogen) atoms. The van der Waals surface area contributed by atoms with Gasteiger partial charge in [-0.25, -0.2) is 0 Å². The number of carbonyl (C=O) groups excluding carboxylic acids is 1. The number of amides is 1. The lowest BCUT2D eigenvalue weighted by molar-refractivity contribution is -0.275. The van der Waals surface area contributed by atoms with E-state index in [1.807, 2.05) is 43.5 Å². The average molecular weight is 528 g/mol. The van der Waals surface area contributed by atoms with Crippen LogP contribution in [0.1, 0.15) is 36.0 Å². The van der Waals surface area contributed by atoms with Gasteiger partial charge in [0.25, 0.3) is 9.70 Å². The highest BCUT2D eigenvalue weighted by atomic mass is 35.6. The van der Waals surface area contributed by atoms with Gasteiger partial charge in [-0.15, -0.1) is 6.58 Å². The number of benzene rings is 2. The van der Waals surface area contributed by atoms with Gasteiger partial charge >= 0.3 is 0 Å². The van der Waals surface area contributed by atoms with Crippen molar-refractivity contribution in [2.75, 3.05) is 25.5 Å². The highest BCUT2D eigenvalue weighted by molar-refractivity contribution is 6.76. The van der Waals surface area contributed by atoms with E-state index in [1.165, 1.54) is 0 Å². The fourth-order valence-electron chi connectivity index (χ4n) is 3.90. The maximum absolute atomic E-state index is 12.1. The molecule has 4 atom stereocenters. The van der Waals surface area contributed by atoms with Crippen LogP contribution in [-0.2, 0) is 20.9 Å². The van der Waals surface area contributed by atoms with Crippen molar-refractivity contribution in [3.05, 3.63) is 77.9 Å². The summed E-state index contributed by atoms with van der Waals surface area (Å²) in [7, 11) is 2.01. The lowest BCUT2D eigenvalue weighted by Crippen LogP contribution is -2.43. The fourth-order valence-corrected chi connectivity index (χ4v) is 4.04. The molecule has 1 saturated heterocycles. The molecule has 2 aromatic carbocycles. The summed E-state index contributed by atoms with van der Waals surface area (Å²) in [5.74, 6) is -0.699. The van der Waals surface area contributed by atoms with Crippen molar-refractivity contribution in [3.8, 4) is 0 Å². The molecule has 9 heteroatoms. The minimum atomic E-state index is -2.07. The van der Waals surface area contributed by atoms with Crippen LogP contribution in [0, 0.1) is 5.92 Å². The molecule has 6 nitrogen and oxygen atoms in total. The standard InChI is InChI=1S/C25H29Cl3N2O4/c1-4-12-30(3)14-21-16(2)22(18-10-8-17(15-31)9-11-18)34-23(33-21)19-6-5-7-20(13-19)29-24(32)25(26,27)28/h4-11,13,16,21-23,31H,1,12,14-15H2,2-3H3,(H,29,32)/t16-,21+,22+,23+/m1/s1. The summed E-state index contributed by atoms with van der Waals surface area (Å²) in [6.45, 7) is 7.31. The normalized spacial score (nSPS) is 23.0. The number of aliphatic hydroxyl groups excluding tert-OH is 1. The quantitative estimate of drug-likeness (QED) is 0.355. The third-order valence-corrected chi connectivity index (χ3v) is 6.24. The van der Waals surface area contributed by atoms with Gasteiger partial charge in [-0.05, 0) is 30.3 Å². The van der Waals surface area contributed by atoms with Crippen LogP contribution in [0.25, 0.3) is 0 Å². The fraction of sp³-hybridized carbons (Fsp3) is 0.400. The number of ether oxygens (including phenoxy) is 2. The number of halogens is 3. The van der Waals surface area contributed by atoms with Crippen molar-refractivity contribution in [2.24, 2.45) is 5.92 Å². The molecule has 3 rings (SSSR count). The third kappa shape index (κ3) is 6.95. The number of likely N-dealkylation sites (N-methyl/N-ethyl adjacent to an activating group) is 1. The summed E-state index contributed by atoms with van der Waals surface area (Å²) in [5, 5.41) is 12.0. The molecule has 0 radical (unpaired) electrons. The second kappa shape index (κ2) is 11.9. The van der Waals surface area contributed by atoms with E-state index in [1.54, 1.807) is 18.2 Å². The largest absolute Gasteiger partial charge is 0.392 e. The predicted molar refractivity (Wildman–Crippen MR) is 136 cm³/mol. The Morgan fingerprint density at radius 3 is 2.50 bits per heavy atom. The Morgan fingerprint density at radius 1 is 1.18 bits per heavy atom. The summed E-state index contributed by atoms with van der Waals surface area (Å²) in [5.41, 5.74) is 3.01. The number of nitrogens with zero attached hydrogens (tertiary/aromatic N) is 1. The number of rotatable bonds is 8. The van der Waals surface area contributed by atoms with Crippen LogP contribution < -0.4 is 5.32 Å². The third-order valence-electron chi connectivity index (χ3n) is 5.73. The van der Waals surface area contributed by atoms with Crippen molar-refractivity contribution in [2.45, 2.75) is 35.8 Å². The zero-order valence-electron chi connectivity index (χ0n) is 19.1. The Bertz CT molecular complexity index is 981. The van der Waals surface area contributed by atoms with Crippen LogP contribution in [0.4, 0.5) is 5.69 Å². The first-order valence-electron chi connectivity index (χ1n) is 10.9. The molecule has 2 N–H and O–H groups in total. The summed E-state index contributed by atoms with van der Waals surface area (Å²) in [4.78, 5) is 14.2. The molecular formula is C25H29Cl3N2O4. The van der Waals surface area contributed by atoms with Gasteiger partial charge in [-0.2, -0.15) is 0 Å². The first-order chi connectivity index (χ1) is 16.1. The Kier molecular flexibility index (Phi) is 9.41. The monoisotopic (exact) mass is 526 g/mol. The molecule has 1 heterocycles. The predicted octanol–water partition coefficient (Wildman–Crippen LogP) is 5.40. The van der Waals surface area contributed by atoms with Crippen LogP contribution in [0.5, 0.6) is 0 Å². The van der Waals surface area contributed by atoms with Crippen LogP contribution >= 0.6 is 34.8 Å². The van der Waals surface area contributed by atoms with E-state index in [9.17, 15) is 9.90 Å². The highest BCUT2D eigenvalue weighted by Gasteiger charge is 2.39. The van der Waals surface area contributed by atoms with Gasteiger partial charge in [0.05, 0.1) is 18.8 Å². The van der Waals surface area contributed by atoms with Crippen molar-refractivity contribution in [1.29, 1.82) is 0 Å². The van der Waals surface area contributed by atoms with Gasteiger partial charge in [-0.1, -0.05) is 84.2 Å². The second-order valence-electron chi connectivity index (χ2n) is 8.41. The van der Waals surface area contributed by atoms with Gasteiger partial charge in [0.1, 0.15) is 0 Å². The van der Waals surface area contributed by atoms with E-state index in [0.29, 0.717) is 12.2 Å². The van der Waals surface area contributed by atoms with E-state index in [-0.39, 0.29) is 24.7 Å². The number of nitrogens with one attached hydrogen (secondary N) is 1. The highest BCUT2D eigenvalue weighted by Crippen LogP contribution is 2.42. The molecular weight excluding hydrogens is 499 g/mol. The number of hydrogen-bond donors (Lipinski definition) is 2. The molecule has 184 valence electrons. The first kappa shape index (κ1) is 27.0. The van der Waals surface area contributed by atoms with E-state index < -0.39 is 16.0 Å².